The number of pyridine rings is 1. The molecule has 0 unspecified atom stereocenters. The molecule has 1 aromatic heterocycles. The second-order valence-electron chi connectivity index (χ2n) is 2.68. The predicted molar refractivity (Wildman–Crippen MR) is 41.4 cm³/mol. The number of aromatic nitrogens is 1. The van der Waals surface area contributed by atoms with E-state index in [-0.39, 0.29) is 0 Å². The van der Waals surface area contributed by atoms with Crippen molar-refractivity contribution in [2.24, 2.45) is 0 Å². The van der Waals surface area contributed by atoms with Crippen LogP contribution in [0.3, 0.4) is 0 Å². The molecule has 0 fully saturated rings. The van der Waals surface area contributed by atoms with Crippen molar-refractivity contribution in [1.29, 1.82) is 0 Å². The third-order valence-electron chi connectivity index (χ3n) is 1.59. The van der Waals surface area contributed by atoms with E-state index in [1.54, 1.807) is 0 Å². The van der Waals surface area contributed by atoms with Crippen LogP contribution in [0.25, 0.3) is 0 Å². The van der Waals surface area contributed by atoms with Crippen molar-refractivity contribution in [2.75, 3.05) is 5.73 Å². The summed E-state index contributed by atoms with van der Waals surface area (Å²) < 4.78 is 61.0. The number of H-pyrrole nitrogens is 1. The van der Waals surface area contributed by atoms with Gasteiger partial charge >= 0.3 is 6.18 Å². The normalized spacial score (nSPS) is 12.1. The quantitative estimate of drug-likeness (QED) is 0.721. The maximum atomic E-state index is 12.2. The number of nitrogens with one attached hydrogen (secondary N) is 1. The van der Waals surface area contributed by atoms with Gasteiger partial charge in [0.15, 0.2) is 5.43 Å². The van der Waals surface area contributed by atoms with Crippen molar-refractivity contribution in [2.45, 2.75) is 12.6 Å². The van der Waals surface area contributed by atoms with Gasteiger partial charge in [0, 0.05) is 6.07 Å². The Kier molecular flexibility index (Phi) is 2.69. The molecule has 8 heteroatoms. The summed E-state index contributed by atoms with van der Waals surface area (Å²) in [7, 11) is 0. The van der Waals surface area contributed by atoms with Gasteiger partial charge in [0.25, 0.3) is 6.43 Å². The SMILES string of the molecule is Nc1cc(=O)c(C(F)F)c(C(F)(F)F)[nH]1. The molecule has 0 aromatic carbocycles. The van der Waals surface area contributed by atoms with Crippen LogP contribution in [0.5, 0.6) is 0 Å². The van der Waals surface area contributed by atoms with Gasteiger partial charge < -0.3 is 10.7 Å². The highest BCUT2D eigenvalue weighted by atomic mass is 19.4. The molecule has 1 heterocycles. The molecular formula is C7H5F5N2O. The number of halogens is 5. The fourth-order valence-corrected chi connectivity index (χ4v) is 1.03. The van der Waals surface area contributed by atoms with Gasteiger partial charge in [-0.2, -0.15) is 13.2 Å². The summed E-state index contributed by atoms with van der Waals surface area (Å²) in [5.74, 6) is -0.614. The molecule has 0 aliphatic heterocycles. The minimum Gasteiger partial charge on any atom is -0.385 e. The molecule has 0 saturated carbocycles. The Morgan fingerprint density at radius 2 is 1.87 bits per heavy atom. The predicted octanol–water partition coefficient (Wildman–Crippen LogP) is 1.91. The second kappa shape index (κ2) is 3.52. The zero-order valence-corrected chi connectivity index (χ0v) is 7.03. The number of nitrogens with two attached hydrogens (primary N) is 1. The summed E-state index contributed by atoms with van der Waals surface area (Å²) in [4.78, 5) is 12.4. The third-order valence-corrected chi connectivity index (χ3v) is 1.59. The average molecular weight is 228 g/mol. The summed E-state index contributed by atoms with van der Waals surface area (Å²) >= 11 is 0. The molecule has 0 amide bonds. The number of nitrogen functional groups attached to an aromatic ring is 1. The summed E-state index contributed by atoms with van der Waals surface area (Å²) in [6, 6.07) is 0.483. The number of aromatic amines is 1. The highest BCUT2D eigenvalue weighted by molar-refractivity contribution is 5.36. The van der Waals surface area contributed by atoms with Gasteiger partial charge in [-0.1, -0.05) is 0 Å². The first-order valence-electron chi connectivity index (χ1n) is 3.61. The maximum absolute atomic E-state index is 12.2. The molecule has 0 spiro atoms. The Bertz CT molecular complexity index is 422. The highest BCUT2D eigenvalue weighted by Gasteiger charge is 2.38. The van der Waals surface area contributed by atoms with Crippen LogP contribution in [0.15, 0.2) is 10.9 Å². The van der Waals surface area contributed by atoms with Crippen molar-refractivity contribution in [3.8, 4) is 0 Å². The number of hydrogen-bond acceptors (Lipinski definition) is 2. The van der Waals surface area contributed by atoms with Gasteiger partial charge in [0.1, 0.15) is 11.5 Å². The van der Waals surface area contributed by atoms with Crippen LogP contribution in [0.1, 0.15) is 17.7 Å². The van der Waals surface area contributed by atoms with Crippen LogP contribution in [0.4, 0.5) is 27.8 Å². The minimum absolute atomic E-state index is 0.483. The van der Waals surface area contributed by atoms with E-state index in [4.69, 9.17) is 5.73 Å². The largest absolute Gasteiger partial charge is 0.431 e. The molecule has 15 heavy (non-hydrogen) atoms. The van der Waals surface area contributed by atoms with Crippen LogP contribution >= 0.6 is 0 Å². The first-order chi connectivity index (χ1) is 6.73. The van der Waals surface area contributed by atoms with Crippen LogP contribution in [-0.2, 0) is 6.18 Å². The lowest BCUT2D eigenvalue weighted by atomic mass is 10.2. The first kappa shape index (κ1) is 11.5. The van der Waals surface area contributed by atoms with Crippen LogP contribution < -0.4 is 11.2 Å². The Hall–Kier alpha value is -1.60. The molecule has 1 rings (SSSR count). The Labute approximate surface area is 79.7 Å². The molecule has 0 saturated heterocycles. The van der Waals surface area contributed by atoms with E-state index >= 15 is 0 Å². The Morgan fingerprint density at radius 3 is 2.27 bits per heavy atom. The second-order valence-corrected chi connectivity index (χ2v) is 2.68. The molecule has 1 aromatic rings. The van der Waals surface area contributed by atoms with Crippen molar-refractivity contribution in [3.63, 3.8) is 0 Å². The fraction of sp³-hybridized carbons (Fsp3) is 0.286. The van der Waals surface area contributed by atoms with E-state index < -0.39 is 35.1 Å². The molecule has 0 radical (unpaired) electrons. The number of anilines is 1. The molecule has 3 N–H and O–H groups in total. The van der Waals surface area contributed by atoms with Gasteiger partial charge in [-0.15, -0.1) is 0 Å². The molecule has 0 aliphatic carbocycles. The monoisotopic (exact) mass is 228 g/mol. The standard InChI is InChI=1S/C7H5F5N2O/c8-6(9)4-2(15)1-3(13)14-5(4)7(10,11)12/h1,6H,(H3,13,14,15). The topological polar surface area (TPSA) is 58.9 Å². The molecule has 0 bridgehead atoms. The minimum atomic E-state index is -5.07. The van der Waals surface area contributed by atoms with Crippen molar-refractivity contribution < 1.29 is 22.0 Å². The summed E-state index contributed by atoms with van der Waals surface area (Å²) in [5, 5.41) is 0. The van der Waals surface area contributed by atoms with Crippen molar-refractivity contribution in [1.82, 2.24) is 4.98 Å². The number of hydrogen-bond donors (Lipinski definition) is 2. The Morgan fingerprint density at radius 1 is 1.33 bits per heavy atom. The smallest absolute Gasteiger partial charge is 0.385 e. The summed E-state index contributed by atoms with van der Waals surface area (Å²) in [5.41, 5.74) is 0.0708. The molecule has 3 nitrogen and oxygen atoms in total. The third kappa shape index (κ3) is 2.25. The van der Waals surface area contributed by atoms with E-state index in [0.717, 1.165) is 0 Å². The molecule has 0 atom stereocenters. The lowest BCUT2D eigenvalue weighted by Crippen LogP contribution is -2.21. The van der Waals surface area contributed by atoms with Crippen LogP contribution in [-0.4, -0.2) is 4.98 Å². The summed E-state index contributed by atoms with van der Waals surface area (Å²) in [6.07, 6.45) is -8.58. The van der Waals surface area contributed by atoms with E-state index in [2.05, 4.69) is 0 Å². The van der Waals surface area contributed by atoms with E-state index in [0.29, 0.717) is 6.07 Å². The van der Waals surface area contributed by atoms with Gasteiger partial charge in [0.05, 0.1) is 5.56 Å². The lowest BCUT2D eigenvalue weighted by molar-refractivity contribution is -0.143. The van der Waals surface area contributed by atoms with Gasteiger partial charge in [0.2, 0.25) is 0 Å². The molecule has 84 valence electrons. The number of rotatable bonds is 1. The van der Waals surface area contributed by atoms with Crippen molar-refractivity contribution in [3.05, 3.63) is 27.5 Å². The zero-order chi connectivity index (χ0) is 11.8. The first-order valence-corrected chi connectivity index (χ1v) is 3.61. The fourth-order valence-electron chi connectivity index (χ4n) is 1.03. The van der Waals surface area contributed by atoms with Gasteiger partial charge in [-0.05, 0) is 0 Å². The summed E-state index contributed by atoms with van der Waals surface area (Å²) in [6.45, 7) is 0. The van der Waals surface area contributed by atoms with Gasteiger partial charge in [-0.25, -0.2) is 8.78 Å². The van der Waals surface area contributed by atoms with Crippen LogP contribution in [0, 0.1) is 0 Å². The van der Waals surface area contributed by atoms with Crippen molar-refractivity contribution >= 4 is 5.82 Å². The maximum Gasteiger partial charge on any atom is 0.431 e. The molecule has 0 aliphatic rings. The van der Waals surface area contributed by atoms with Gasteiger partial charge in [-0.3, -0.25) is 4.79 Å². The zero-order valence-electron chi connectivity index (χ0n) is 7.03. The number of alkyl halides is 5. The lowest BCUT2D eigenvalue weighted by Gasteiger charge is -2.12. The van der Waals surface area contributed by atoms with E-state index in [1.807, 2.05) is 0 Å². The van der Waals surface area contributed by atoms with E-state index in [1.165, 1.54) is 4.98 Å². The Balaban J connectivity index is 3.55. The highest BCUT2D eigenvalue weighted by Crippen LogP contribution is 2.33. The molecular weight excluding hydrogens is 223 g/mol. The van der Waals surface area contributed by atoms with Crippen LogP contribution in [0.2, 0.25) is 0 Å². The average Bonchev–Trinajstić information content (AvgIpc) is 1.99. The van der Waals surface area contributed by atoms with E-state index in [9.17, 15) is 26.7 Å².